The average Bonchev–Trinajstić information content (AvgIpc) is 2.03. The third-order valence-corrected chi connectivity index (χ3v) is 1.45. The van der Waals surface area contributed by atoms with Crippen molar-refractivity contribution in [2.45, 2.75) is 19.9 Å². The summed E-state index contributed by atoms with van der Waals surface area (Å²) < 4.78 is 0. The zero-order valence-corrected chi connectivity index (χ0v) is 7.61. The number of carboxylic acid groups (broad SMARTS) is 1. The molecule has 0 saturated carbocycles. The molecule has 4 heteroatoms. The normalized spacial score (nSPS) is 10.1. The molecule has 0 spiro atoms. The van der Waals surface area contributed by atoms with E-state index in [0.717, 1.165) is 0 Å². The lowest BCUT2D eigenvalue weighted by molar-refractivity contribution is 0.0691. The second-order valence-corrected chi connectivity index (χ2v) is 3.00. The largest absolute Gasteiger partial charge is 0.476 e. The van der Waals surface area contributed by atoms with Gasteiger partial charge in [0.05, 0.1) is 5.69 Å². The highest BCUT2D eigenvalue weighted by molar-refractivity contribution is 5.91. The van der Waals surface area contributed by atoms with Crippen LogP contribution in [0.3, 0.4) is 0 Å². The van der Waals surface area contributed by atoms with Crippen LogP contribution < -0.4 is 5.32 Å². The highest BCUT2D eigenvalue weighted by Gasteiger charge is 2.10. The van der Waals surface area contributed by atoms with Gasteiger partial charge < -0.3 is 10.4 Å². The molecule has 2 N–H and O–H groups in total. The van der Waals surface area contributed by atoms with E-state index in [4.69, 9.17) is 5.11 Å². The van der Waals surface area contributed by atoms with Crippen LogP contribution in [-0.2, 0) is 0 Å². The molecule has 0 atom stereocenters. The van der Waals surface area contributed by atoms with Crippen molar-refractivity contribution in [1.82, 2.24) is 4.98 Å². The summed E-state index contributed by atoms with van der Waals surface area (Å²) in [7, 11) is 0. The fourth-order valence-corrected chi connectivity index (χ4v) is 1.00. The zero-order valence-electron chi connectivity index (χ0n) is 7.61. The predicted octanol–water partition coefficient (Wildman–Crippen LogP) is 1.60. The SMILES string of the molecule is CC(C)Nc1cccnc1C(=O)O. The Morgan fingerprint density at radius 1 is 1.62 bits per heavy atom. The van der Waals surface area contributed by atoms with Crippen LogP contribution in [0, 0.1) is 0 Å². The maximum Gasteiger partial charge on any atom is 0.356 e. The Labute approximate surface area is 76.6 Å². The molecule has 0 unspecified atom stereocenters. The highest BCUT2D eigenvalue weighted by atomic mass is 16.4. The first-order chi connectivity index (χ1) is 6.11. The van der Waals surface area contributed by atoms with Crippen LogP contribution in [0.4, 0.5) is 5.69 Å². The van der Waals surface area contributed by atoms with Gasteiger partial charge in [-0.1, -0.05) is 0 Å². The molecule has 0 aromatic carbocycles. The summed E-state index contributed by atoms with van der Waals surface area (Å²) in [6, 6.07) is 3.61. The molecule has 0 radical (unpaired) electrons. The maximum atomic E-state index is 10.7. The number of anilines is 1. The van der Waals surface area contributed by atoms with Gasteiger partial charge in [0.15, 0.2) is 5.69 Å². The van der Waals surface area contributed by atoms with E-state index in [1.54, 1.807) is 12.1 Å². The molecular weight excluding hydrogens is 168 g/mol. The Morgan fingerprint density at radius 3 is 2.85 bits per heavy atom. The van der Waals surface area contributed by atoms with Crippen LogP contribution in [0.15, 0.2) is 18.3 Å². The van der Waals surface area contributed by atoms with E-state index in [1.807, 2.05) is 13.8 Å². The van der Waals surface area contributed by atoms with Gasteiger partial charge in [-0.3, -0.25) is 0 Å². The number of nitrogens with zero attached hydrogens (tertiary/aromatic N) is 1. The molecule has 1 aromatic heterocycles. The van der Waals surface area contributed by atoms with E-state index in [9.17, 15) is 4.79 Å². The fourth-order valence-electron chi connectivity index (χ4n) is 1.00. The lowest BCUT2D eigenvalue weighted by Gasteiger charge is -2.10. The molecule has 1 rings (SSSR count). The summed E-state index contributed by atoms with van der Waals surface area (Å²) in [5.41, 5.74) is 0.626. The van der Waals surface area contributed by atoms with Crippen LogP contribution in [0.2, 0.25) is 0 Å². The number of rotatable bonds is 3. The summed E-state index contributed by atoms with van der Waals surface area (Å²) in [4.78, 5) is 14.5. The number of aromatic nitrogens is 1. The predicted molar refractivity (Wildman–Crippen MR) is 50.0 cm³/mol. The highest BCUT2D eigenvalue weighted by Crippen LogP contribution is 2.12. The van der Waals surface area contributed by atoms with Crippen molar-refractivity contribution in [3.63, 3.8) is 0 Å². The van der Waals surface area contributed by atoms with Gasteiger partial charge in [0.2, 0.25) is 0 Å². The van der Waals surface area contributed by atoms with Crippen molar-refractivity contribution in [3.8, 4) is 0 Å². The van der Waals surface area contributed by atoms with Crippen molar-refractivity contribution in [2.24, 2.45) is 0 Å². The number of nitrogens with one attached hydrogen (secondary N) is 1. The Hall–Kier alpha value is -1.58. The summed E-state index contributed by atoms with van der Waals surface area (Å²) >= 11 is 0. The number of hydrogen-bond acceptors (Lipinski definition) is 3. The van der Waals surface area contributed by atoms with E-state index < -0.39 is 5.97 Å². The van der Waals surface area contributed by atoms with Gasteiger partial charge in [-0.15, -0.1) is 0 Å². The Bertz CT molecular complexity index is 310. The lowest BCUT2D eigenvalue weighted by Crippen LogP contribution is -2.14. The van der Waals surface area contributed by atoms with Crippen molar-refractivity contribution < 1.29 is 9.90 Å². The Kier molecular flexibility index (Phi) is 2.84. The van der Waals surface area contributed by atoms with Gasteiger partial charge >= 0.3 is 5.97 Å². The molecule has 13 heavy (non-hydrogen) atoms. The summed E-state index contributed by atoms with van der Waals surface area (Å²) in [6.07, 6.45) is 1.47. The van der Waals surface area contributed by atoms with Crippen molar-refractivity contribution in [3.05, 3.63) is 24.0 Å². The van der Waals surface area contributed by atoms with Crippen molar-refractivity contribution in [2.75, 3.05) is 5.32 Å². The quantitative estimate of drug-likeness (QED) is 0.741. The number of carboxylic acids is 1. The molecular formula is C9H12N2O2. The van der Waals surface area contributed by atoms with Crippen LogP contribution >= 0.6 is 0 Å². The van der Waals surface area contributed by atoms with Crippen LogP contribution in [0.25, 0.3) is 0 Å². The zero-order chi connectivity index (χ0) is 9.84. The molecule has 4 nitrogen and oxygen atoms in total. The standard InChI is InChI=1S/C9H12N2O2/c1-6(2)11-7-4-3-5-10-8(7)9(12)13/h3-6,11H,1-2H3,(H,12,13). The van der Waals surface area contributed by atoms with Crippen molar-refractivity contribution in [1.29, 1.82) is 0 Å². The van der Waals surface area contributed by atoms with Crippen LogP contribution in [0.1, 0.15) is 24.3 Å². The number of carbonyl (C=O) groups is 1. The Morgan fingerprint density at radius 2 is 2.31 bits per heavy atom. The first kappa shape index (κ1) is 9.51. The fraction of sp³-hybridized carbons (Fsp3) is 0.333. The Balaban J connectivity index is 2.98. The number of pyridine rings is 1. The molecule has 0 fully saturated rings. The third-order valence-electron chi connectivity index (χ3n) is 1.45. The molecule has 70 valence electrons. The van der Waals surface area contributed by atoms with Gasteiger partial charge in [0, 0.05) is 12.2 Å². The summed E-state index contributed by atoms with van der Waals surface area (Å²) in [5, 5.41) is 11.8. The lowest BCUT2D eigenvalue weighted by atomic mass is 10.2. The number of aromatic carboxylic acids is 1. The second kappa shape index (κ2) is 3.89. The maximum absolute atomic E-state index is 10.7. The van der Waals surface area contributed by atoms with E-state index in [-0.39, 0.29) is 11.7 Å². The monoisotopic (exact) mass is 180 g/mol. The van der Waals surface area contributed by atoms with Crippen LogP contribution in [-0.4, -0.2) is 22.1 Å². The number of hydrogen-bond donors (Lipinski definition) is 2. The molecule has 0 saturated heterocycles. The third kappa shape index (κ3) is 2.43. The molecule has 1 heterocycles. The summed E-state index contributed by atoms with van der Waals surface area (Å²) in [6.45, 7) is 3.89. The molecule has 0 aliphatic heterocycles. The minimum absolute atomic E-state index is 0.0659. The summed E-state index contributed by atoms with van der Waals surface area (Å²) in [5.74, 6) is -1.01. The second-order valence-electron chi connectivity index (χ2n) is 3.00. The molecule has 0 bridgehead atoms. The van der Waals surface area contributed by atoms with Gasteiger partial charge in [0.1, 0.15) is 0 Å². The molecule has 0 amide bonds. The van der Waals surface area contributed by atoms with E-state index in [0.29, 0.717) is 5.69 Å². The van der Waals surface area contributed by atoms with Gasteiger partial charge in [-0.05, 0) is 26.0 Å². The van der Waals surface area contributed by atoms with E-state index in [2.05, 4.69) is 10.3 Å². The topological polar surface area (TPSA) is 62.2 Å². The average molecular weight is 180 g/mol. The molecule has 0 aliphatic carbocycles. The van der Waals surface area contributed by atoms with Gasteiger partial charge in [0.25, 0.3) is 0 Å². The van der Waals surface area contributed by atoms with Gasteiger partial charge in [-0.2, -0.15) is 0 Å². The first-order valence-electron chi connectivity index (χ1n) is 4.06. The minimum atomic E-state index is -1.01. The smallest absolute Gasteiger partial charge is 0.356 e. The first-order valence-corrected chi connectivity index (χ1v) is 4.06. The van der Waals surface area contributed by atoms with E-state index in [1.165, 1.54) is 6.20 Å². The molecule has 1 aromatic rings. The van der Waals surface area contributed by atoms with Crippen LogP contribution in [0.5, 0.6) is 0 Å². The minimum Gasteiger partial charge on any atom is -0.476 e. The van der Waals surface area contributed by atoms with Crippen molar-refractivity contribution >= 4 is 11.7 Å². The molecule has 0 aliphatic rings. The van der Waals surface area contributed by atoms with E-state index >= 15 is 0 Å². The van der Waals surface area contributed by atoms with Gasteiger partial charge in [-0.25, -0.2) is 9.78 Å².